The number of fused-ring (bicyclic) bond motifs is 3. The standard InChI is InChI=1S/C33H40N4O8S/c1-6-45-32(41)25-18-46-33(36-25)37-28(40)10-8-7-9-15-34-24-14-12-21-22(17-26(24)39)23(35-19(2)38)13-11-20-16-27(42-3)30(43-4)31(44-5)29(20)21/h12,14,16-18,23H,6-11,13,15H2,1-5H3,(H,34,39)(H,35,38)(H,36,37,40)/t23-/m1/s1. The summed E-state index contributed by atoms with van der Waals surface area (Å²) in [6, 6.07) is 6.74. The first kappa shape index (κ1) is 34.2. The van der Waals surface area contributed by atoms with Crippen LogP contribution in [-0.2, 0) is 20.7 Å². The number of benzene rings is 1. The van der Waals surface area contributed by atoms with Crippen molar-refractivity contribution < 1.29 is 33.3 Å². The Bertz CT molecular complexity index is 1640. The van der Waals surface area contributed by atoms with Crippen molar-refractivity contribution in [1.82, 2.24) is 10.3 Å². The first-order chi connectivity index (χ1) is 22.2. The number of unbranched alkanes of at least 4 members (excludes halogenated alkanes) is 2. The summed E-state index contributed by atoms with van der Waals surface area (Å²) >= 11 is 1.17. The van der Waals surface area contributed by atoms with Crippen molar-refractivity contribution in [3.8, 4) is 28.4 Å². The van der Waals surface area contributed by atoms with Gasteiger partial charge in [0.15, 0.2) is 22.3 Å². The number of ether oxygens (including phenoxy) is 4. The number of hydrogen-bond acceptors (Lipinski definition) is 11. The summed E-state index contributed by atoms with van der Waals surface area (Å²) in [5, 5.41) is 10.9. The van der Waals surface area contributed by atoms with Gasteiger partial charge in [0.05, 0.1) is 39.7 Å². The van der Waals surface area contributed by atoms with E-state index in [1.54, 1.807) is 45.8 Å². The molecule has 4 rings (SSSR count). The zero-order chi connectivity index (χ0) is 33.2. The molecule has 1 aromatic heterocycles. The number of carbonyl (C=O) groups excluding carboxylic acids is 3. The van der Waals surface area contributed by atoms with Crippen LogP contribution in [0.2, 0.25) is 0 Å². The Hall–Kier alpha value is -4.65. The van der Waals surface area contributed by atoms with Crippen LogP contribution >= 0.6 is 11.3 Å². The van der Waals surface area contributed by atoms with Crippen LogP contribution in [0.25, 0.3) is 11.1 Å². The minimum Gasteiger partial charge on any atom is -0.493 e. The number of thiazole rings is 1. The van der Waals surface area contributed by atoms with E-state index in [4.69, 9.17) is 18.9 Å². The Kier molecular flexibility index (Phi) is 12.0. The number of methoxy groups -OCH3 is 3. The van der Waals surface area contributed by atoms with Gasteiger partial charge in [-0.1, -0.05) is 12.5 Å². The van der Waals surface area contributed by atoms with E-state index in [1.807, 2.05) is 12.1 Å². The SMILES string of the molecule is CCOC(=O)c1csc(NC(=O)CCCCCNc2ccc3c(cc2=O)[C@H](NC(C)=O)CCc2cc(OC)c(OC)c(OC)c2-3)n1. The van der Waals surface area contributed by atoms with Crippen LogP contribution in [0.4, 0.5) is 10.8 Å². The molecule has 46 heavy (non-hydrogen) atoms. The number of amides is 2. The van der Waals surface area contributed by atoms with Crippen LogP contribution < -0.4 is 35.6 Å². The number of rotatable bonds is 14. The smallest absolute Gasteiger partial charge is 0.357 e. The van der Waals surface area contributed by atoms with Gasteiger partial charge < -0.3 is 34.9 Å². The van der Waals surface area contributed by atoms with Gasteiger partial charge in [0, 0.05) is 30.8 Å². The molecule has 246 valence electrons. The summed E-state index contributed by atoms with van der Waals surface area (Å²) in [5.41, 5.74) is 3.59. The fourth-order valence-electron chi connectivity index (χ4n) is 5.48. The number of esters is 1. The van der Waals surface area contributed by atoms with Gasteiger partial charge in [-0.05, 0) is 67.5 Å². The lowest BCUT2D eigenvalue weighted by Gasteiger charge is -2.19. The Labute approximate surface area is 271 Å². The highest BCUT2D eigenvalue weighted by molar-refractivity contribution is 7.14. The Morgan fingerprint density at radius 1 is 1.02 bits per heavy atom. The monoisotopic (exact) mass is 652 g/mol. The van der Waals surface area contributed by atoms with Crippen molar-refractivity contribution in [1.29, 1.82) is 0 Å². The minimum atomic E-state index is -0.520. The van der Waals surface area contributed by atoms with Crippen molar-refractivity contribution in [3.63, 3.8) is 0 Å². The zero-order valence-electron chi connectivity index (χ0n) is 26.7. The summed E-state index contributed by atoms with van der Waals surface area (Å²) in [5.74, 6) is 0.579. The van der Waals surface area contributed by atoms with E-state index < -0.39 is 5.97 Å². The van der Waals surface area contributed by atoms with Crippen LogP contribution in [0.5, 0.6) is 17.2 Å². The molecular weight excluding hydrogens is 612 g/mol. The molecule has 12 nitrogen and oxygen atoms in total. The average Bonchev–Trinajstić information content (AvgIpc) is 3.38. The van der Waals surface area contributed by atoms with E-state index >= 15 is 0 Å². The second-order valence-corrected chi connectivity index (χ2v) is 11.5. The fourth-order valence-corrected chi connectivity index (χ4v) is 6.17. The second-order valence-electron chi connectivity index (χ2n) is 10.6. The number of aryl methyl sites for hydroxylation is 1. The molecule has 1 atom stereocenters. The summed E-state index contributed by atoms with van der Waals surface area (Å²) < 4.78 is 22.0. The van der Waals surface area contributed by atoms with E-state index in [9.17, 15) is 19.2 Å². The van der Waals surface area contributed by atoms with Crippen LogP contribution in [0.1, 0.15) is 73.6 Å². The molecule has 1 aliphatic rings. The Balaban J connectivity index is 1.45. The summed E-state index contributed by atoms with van der Waals surface area (Å²) in [6.45, 7) is 3.96. The van der Waals surface area contributed by atoms with Gasteiger partial charge in [0.1, 0.15) is 0 Å². The van der Waals surface area contributed by atoms with Gasteiger partial charge in [-0.25, -0.2) is 9.78 Å². The predicted molar refractivity (Wildman–Crippen MR) is 176 cm³/mol. The molecule has 0 aliphatic heterocycles. The molecule has 3 aromatic rings. The fraction of sp³-hybridized carbons (Fsp3) is 0.424. The maximum Gasteiger partial charge on any atom is 0.357 e. The maximum absolute atomic E-state index is 13.4. The second kappa shape index (κ2) is 16.1. The number of aromatic nitrogens is 1. The van der Waals surface area contributed by atoms with Gasteiger partial charge in [-0.2, -0.15) is 0 Å². The van der Waals surface area contributed by atoms with Crippen molar-refractivity contribution in [2.75, 3.05) is 45.1 Å². The number of nitrogens with one attached hydrogen (secondary N) is 3. The molecule has 0 fully saturated rings. The molecule has 1 heterocycles. The third kappa shape index (κ3) is 8.13. The van der Waals surface area contributed by atoms with Gasteiger partial charge in [-0.15, -0.1) is 11.3 Å². The molecular formula is C33H40N4O8S. The predicted octanol–water partition coefficient (Wildman–Crippen LogP) is 5.11. The molecule has 1 aliphatic carbocycles. The average molecular weight is 653 g/mol. The van der Waals surface area contributed by atoms with E-state index in [-0.39, 0.29) is 35.6 Å². The molecule has 2 aromatic carbocycles. The van der Waals surface area contributed by atoms with E-state index in [0.29, 0.717) is 65.9 Å². The van der Waals surface area contributed by atoms with Crippen LogP contribution in [0.3, 0.4) is 0 Å². The van der Waals surface area contributed by atoms with Crippen molar-refractivity contribution in [3.05, 3.63) is 56.7 Å². The highest BCUT2D eigenvalue weighted by atomic mass is 32.1. The number of hydrogen-bond donors (Lipinski definition) is 3. The zero-order valence-corrected chi connectivity index (χ0v) is 27.6. The molecule has 2 amide bonds. The molecule has 3 N–H and O–H groups in total. The minimum absolute atomic E-state index is 0.172. The van der Waals surface area contributed by atoms with E-state index in [0.717, 1.165) is 29.5 Å². The third-order valence-electron chi connectivity index (χ3n) is 7.55. The summed E-state index contributed by atoms with van der Waals surface area (Å²) in [4.78, 5) is 53.8. The third-order valence-corrected chi connectivity index (χ3v) is 8.30. The Morgan fingerprint density at radius 3 is 2.50 bits per heavy atom. The topological polar surface area (TPSA) is 154 Å². The van der Waals surface area contributed by atoms with Gasteiger partial charge in [0.2, 0.25) is 23.0 Å². The molecule has 0 saturated heterocycles. The van der Waals surface area contributed by atoms with Gasteiger partial charge in [0.25, 0.3) is 0 Å². The summed E-state index contributed by atoms with van der Waals surface area (Å²) in [6.07, 6.45) is 3.63. The lowest BCUT2D eigenvalue weighted by molar-refractivity contribution is -0.119. The molecule has 0 saturated carbocycles. The number of nitrogens with zero attached hydrogens (tertiary/aromatic N) is 1. The van der Waals surface area contributed by atoms with Crippen LogP contribution in [0, 0.1) is 0 Å². The van der Waals surface area contributed by atoms with Crippen LogP contribution in [-0.4, -0.2) is 57.2 Å². The molecule has 0 bridgehead atoms. The first-order valence-corrected chi connectivity index (χ1v) is 16.0. The normalized spacial score (nSPS) is 13.4. The van der Waals surface area contributed by atoms with Gasteiger partial charge in [-0.3, -0.25) is 14.4 Å². The molecule has 0 unspecified atom stereocenters. The molecule has 0 spiro atoms. The first-order valence-electron chi connectivity index (χ1n) is 15.1. The van der Waals surface area contributed by atoms with E-state index in [2.05, 4.69) is 20.9 Å². The largest absolute Gasteiger partial charge is 0.493 e. The van der Waals surface area contributed by atoms with Crippen molar-refractivity contribution in [2.45, 2.75) is 58.4 Å². The lowest BCUT2D eigenvalue weighted by atomic mass is 9.95. The maximum atomic E-state index is 13.4. The van der Waals surface area contributed by atoms with Crippen LogP contribution in [0.15, 0.2) is 34.4 Å². The van der Waals surface area contributed by atoms with Crippen molar-refractivity contribution in [2.24, 2.45) is 0 Å². The highest BCUT2D eigenvalue weighted by Crippen LogP contribution is 2.50. The Morgan fingerprint density at radius 2 is 1.80 bits per heavy atom. The molecule has 0 radical (unpaired) electrons. The van der Waals surface area contributed by atoms with E-state index in [1.165, 1.54) is 18.3 Å². The number of anilines is 2. The summed E-state index contributed by atoms with van der Waals surface area (Å²) in [7, 11) is 4.67. The molecule has 13 heteroatoms. The highest BCUT2D eigenvalue weighted by Gasteiger charge is 2.29. The quantitative estimate of drug-likeness (QED) is 0.158. The lowest BCUT2D eigenvalue weighted by Crippen LogP contribution is -2.26. The van der Waals surface area contributed by atoms with Gasteiger partial charge >= 0.3 is 5.97 Å². The number of carbonyl (C=O) groups is 3. The van der Waals surface area contributed by atoms with Crippen molar-refractivity contribution >= 4 is 39.9 Å².